The average molecular weight is 424 g/mol. The Bertz CT molecular complexity index is 861. The fourth-order valence-corrected chi connectivity index (χ4v) is 3.47. The number of carbonyl (C=O) groups is 1. The van der Waals surface area contributed by atoms with E-state index >= 15 is 0 Å². The molecule has 0 radical (unpaired) electrons. The summed E-state index contributed by atoms with van der Waals surface area (Å²) in [6.07, 6.45) is 1.35. The lowest BCUT2D eigenvalue weighted by Gasteiger charge is -2.34. The van der Waals surface area contributed by atoms with Gasteiger partial charge in [0.25, 0.3) is 5.91 Å². The molecular formula is C22H31F2N3O3. The summed E-state index contributed by atoms with van der Waals surface area (Å²) in [4.78, 5) is 19.4. The smallest absolute Gasteiger partial charge is 0.273 e. The van der Waals surface area contributed by atoms with Gasteiger partial charge >= 0.3 is 0 Å². The number of aromatic nitrogens is 1. The van der Waals surface area contributed by atoms with Gasteiger partial charge in [-0.1, -0.05) is 6.92 Å². The van der Waals surface area contributed by atoms with Crippen LogP contribution in [0.3, 0.4) is 0 Å². The number of benzene rings is 1. The number of pyridine rings is 1. The van der Waals surface area contributed by atoms with Gasteiger partial charge in [0.1, 0.15) is 22.8 Å². The fourth-order valence-electron chi connectivity index (χ4n) is 3.47. The van der Waals surface area contributed by atoms with E-state index in [2.05, 4.69) is 10.3 Å². The van der Waals surface area contributed by atoms with Crippen LogP contribution in [-0.2, 0) is 4.74 Å². The van der Waals surface area contributed by atoms with Crippen LogP contribution in [0.15, 0.2) is 18.2 Å². The van der Waals surface area contributed by atoms with E-state index in [4.69, 9.17) is 9.47 Å². The van der Waals surface area contributed by atoms with Crippen molar-refractivity contribution < 1.29 is 23.0 Å². The first-order chi connectivity index (χ1) is 14.3. The Morgan fingerprint density at radius 2 is 1.97 bits per heavy atom. The third kappa shape index (κ3) is 5.64. The number of methoxy groups -OCH3 is 1. The van der Waals surface area contributed by atoms with Gasteiger partial charge in [-0.2, -0.15) is 0 Å². The van der Waals surface area contributed by atoms with E-state index in [-0.39, 0.29) is 46.9 Å². The molecule has 0 aliphatic carbocycles. The summed E-state index contributed by atoms with van der Waals surface area (Å²) in [5.41, 5.74) is -0.0210. The third-order valence-electron chi connectivity index (χ3n) is 4.86. The molecule has 1 aromatic heterocycles. The van der Waals surface area contributed by atoms with E-state index in [9.17, 15) is 13.6 Å². The van der Waals surface area contributed by atoms with E-state index in [0.29, 0.717) is 19.6 Å². The number of hydrogen-bond acceptors (Lipinski definition) is 5. The number of nitrogens with one attached hydrogen (secondary N) is 1. The molecule has 30 heavy (non-hydrogen) atoms. The summed E-state index contributed by atoms with van der Waals surface area (Å²) in [6, 6.07) is 3.26. The Labute approximate surface area is 176 Å². The predicted molar refractivity (Wildman–Crippen MR) is 113 cm³/mol. The molecule has 1 amide bonds. The van der Waals surface area contributed by atoms with E-state index in [1.54, 1.807) is 12.0 Å². The van der Waals surface area contributed by atoms with Crippen LogP contribution < -0.4 is 10.1 Å². The quantitative estimate of drug-likeness (QED) is 0.558. The van der Waals surface area contributed by atoms with Crippen molar-refractivity contribution in [1.29, 1.82) is 0 Å². The minimum Gasteiger partial charge on any atom is -0.493 e. The Hall–Kier alpha value is -2.32. The summed E-state index contributed by atoms with van der Waals surface area (Å²) in [6.45, 7) is 7.24. The van der Waals surface area contributed by atoms with Crippen LogP contribution in [0.5, 0.6) is 5.75 Å². The van der Waals surface area contributed by atoms with Crippen molar-refractivity contribution in [1.82, 2.24) is 15.2 Å². The first-order valence-corrected chi connectivity index (χ1v) is 10.2. The molecule has 1 N–H and O–H groups in total. The second-order valence-electron chi connectivity index (χ2n) is 7.41. The number of carbonyl (C=O) groups excluding carboxylic acids is 1. The second kappa shape index (κ2) is 11.2. The monoisotopic (exact) mass is 423 g/mol. The number of amides is 1. The molecule has 0 fully saturated rings. The zero-order valence-corrected chi connectivity index (χ0v) is 18.3. The molecule has 0 unspecified atom stereocenters. The molecule has 0 saturated carbocycles. The van der Waals surface area contributed by atoms with Crippen molar-refractivity contribution in [2.24, 2.45) is 0 Å². The summed E-state index contributed by atoms with van der Waals surface area (Å²) in [5.74, 6) is -1.66. The molecule has 1 atom stereocenters. The lowest BCUT2D eigenvalue weighted by atomic mass is 10.1. The van der Waals surface area contributed by atoms with Gasteiger partial charge in [0.2, 0.25) is 0 Å². The van der Waals surface area contributed by atoms with Crippen LogP contribution in [0.2, 0.25) is 0 Å². The number of rotatable bonds is 11. The van der Waals surface area contributed by atoms with Gasteiger partial charge in [-0.3, -0.25) is 4.79 Å². The molecule has 2 rings (SSSR count). The van der Waals surface area contributed by atoms with Crippen molar-refractivity contribution in [2.45, 2.75) is 45.7 Å². The molecule has 1 heterocycles. The normalized spacial score (nSPS) is 12.4. The van der Waals surface area contributed by atoms with E-state index in [0.717, 1.165) is 12.5 Å². The largest absolute Gasteiger partial charge is 0.493 e. The van der Waals surface area contributed by atoms with E-state index < -0.39 is 11.6 Å². The highest BCUT2D eigenvalue weighted by molar-refractivity contribution is 5.97. The molecule has 1 aromatic carbocycles. The van der Waals surface area contributed by atoms with E-state index in [1.807, 2.05) is 27.8 Å². The Morgan fingerprint density at radius 3 is 2.57 bits per heavy atom. The molecule has 166 valence electrons. The van der Waals surface area contributed by atoms with Crippen molar-refractivity contribution in [2.75, 3.05) is 33.9 Å². The maximum absolute atomic E-state index is 14.5. The summed E-state index contributed by atoms with van der Waals surface area (Å²) in [7, 11) is 3.41. The lowest BCUT2D eigenvalue weighted by molar-refractivity contribution is 0.0596. The predicted octanol–water partition coefficient (Wildman–Crippen LogP) is 3.78. The standard InChI is InChI=1S/C22H31F2N3O3/c1-6-16(13-25-4)27(14(2)3)22(28)19-12-20(30-9-7-8-29-5)17-10-15(23)11-18(24)21(17)26-19/h10-12,14,16,25H,6-9,13H2,1-5H3/t16-/m1/s1. The average Bonchev–Trinajstić information content (AvgIpc) is 2.70. The van der Waals surface area contributed by atoms with Crippen LogP contribution in [0, 0.1) is 11.6 Å². The summed E-state index contributed by atoms with van der Waals surface area (Å²) < 4.78 is 39.1. The maximum Gasteiger partial charge on any atom is 0.273 e. The van der Waals surface area contributed by atoms with Crippen LogP contribution in [-0.4, -0.2) is 61.8 Å². The highest BCUT2D eigenvalue weighted by atomic mass is 19.1. The van der Waals surface area contributed by atoms with Crippen molar-refractivity contribution in [3.05, 3.63) is 35.5 Å². The molecule has 8 heteroatoms. The third-order valence-corrected chi connectivity index (χ3v) is 4.86. The van der Waals surface area contributed by atoms with Gasteiger partial charge in [-0.15, -0.1) is 0 Å². The fraction of sp³-hybridized carbons (Fsp3) is 0.545. The number of nitrogens with zero attached hydrogens (tertiary/aromatic N) is 2. The number of fused-ring (bicyclic) bond motifs is 1. The van der Waals surface area contributed by atoms with Crippen LogP contribution in [0.25, 0.3) is 10.9 Å². The molecule has 0 spiro atoms. The first kappa shape index (κ1) is 24.0. The molecule has 6 nitrogen and oxygen atoms in total. The van der Waals surface area contributed by atoms with Gasteiger partial charge in [0, 0.05) is 56.3 Å². The van der Waals surface area contributed by atoms with Crippen LogP contribution >= 0.6 is 0 Å². The molecule has 0 aliphatic heterocycles. The number of hydrogen-bond donors (Lipinski definition) is 1. The zero-order valence-electron chi connectivity index (χ0n) is 18.3. The van der Waals surface area contributed by atoms with Gasteiger partial charge < -0.3 is 19.7 Å². The van der Waals surface area contributed by atoms with Crippen molar-refractivity contribution >= 4 is 16.8 Å². The summed E-state index contributed by atoms with van der Waals surface area (Å²) >= 11 is 0. The topological polar surface area (TPSA) is 63.7 Å². The van der Waals surface area contributed by atoms with Gasteiger partial charge in [-0.25, -0.2) is 13.8 Å². The molecule has 0 aliphatic rings. The van der Waals surface area contributed by atoms with Crippen molar-refractivity contribution in [3.8, 4) is 5.75 Å². The Kier molecular flexibility index (Phi) is 8.92. The minimum absolute atomic E-state index is 0.0517. The van der Waals surface area contributed by atoms with Gasteiger partial charge in [0.15, 0.2) is 5.82 Å². The highest BCUT2D eigenvalue weighted by Crippen LogP contribution is 2.29. The van der Waals surface area contributed by atoms with E-state index in [1.165, 1.54) is 12.1 Å². The highest BCUT2D eigenvalue weighted by Gasteiger charge is 2.28. The minimum atomic E-state index is -0.834. The Morgan fingerprint density at radius 1 is 1.23 bits per heavy atom. The lowest BCUT2D eigenvalue weighted by Crippen LogP contribution is -2.48. The first-order valence-electron chi connectivity index (χ1n) is 10.2. The maximum atomic E-state index is 14.5. The van der Waals surface area contributed by atoms with Crippen LogP contribution in [0.4, 0.5) is 8.78 Å². The SMILES string of the molecule is CC[C@H](CNC)N(C(=O)c1cc(OCCCOC)c2cc(F)cc(F)c2n1)C(C)C. The number of halogens is 2. The number of likely N-dealkylation sites (N-methyl/N-ethyl adjacent to an activating group) is 1. The molecule has 0 bridgehead atoms. The Balaban J connectivity index is 2.52. The van der Waals surface area contributed by atoms with Gasteiger partial charge in [-0.05, 0) is 33.4 Å². The van der Waals surface area contributed by atoms with Crippen LogP contribution in [0.1, 0.15) is 44.1 Å². The molecule has 2 aromatic rings. The van der Waals surface area contributed by atoms with Crippen molar-refractivity contribution in [3.63, 3.8) is 0 Å². The summed E-state index contributed by atoms with van der Waals surface area (Å²) in [5, 5.41) is 3.30. The number of ether oxygens (including phenoxy) is 2. The molecule has 0 saturated heterocycles. The second-order valence-corrected chi connectivity index (χ2v) is 7.41. The molecular weight excluding hydrogens is 392 g/mol. The zero-order chi connectivity index (χ0) is 22.3. The van der Waals surface area contributed by atoms with Gasteiger partial charge in [0.05, 0.1) is 6.61 Å².